The number of nitrogens with zero attached hydrogens (tertiary/aromatic N) is 3. The molecule has 0 bridgehead atoms. The number of anilines is 1. The molecule has 1 atom stereocenters. The molecule has 4 heteroatoms. The first-order chi connectivity index (χ1) is 8.34. The summed E-state index contributed by atoms with van der Waals surface area (Å²) in [5.41, 5.74) is 9.11. The summed E-state index contributed by atoms with van der Waals surface area (Å²) < 4.78 is 0. The fourth-order valence-electron chi connectivity index (χ4n) is 2.48. The van der Waals surface area contributed by atoms with Crippen molar-refractivity contribution < 1.29 is 0 Å². The van der Waals surface area contributed by atoms with E-state index in [0.29, 0.717) is 5.95 Å². The molecule has 0 aromatic carbocycles. The van der Waals surface area contributed by atoms with Gasteiger partial charge in [0.2, 0.25) is 5.95 Å². The highest BCUT2D eigenvalue weighted by molar-refractivity contribution is 5.33. The van der Waals surface area contributed by atoms with Crippen LogP contribution in [0.25, 0.3) is 0 Å². The summed E-state index contributed by atoms with van der Waals surface area (Å²) in [5, 5.41) is 0. The number of fused-ring (bicyclic) bond motifs is 1. The molecule has 0 amide bonds. The molecule has 2 aromatic heterocycles. The van der Waals surface area contributed by atoms with Crippen molar-refractivity contribution in [1.29, 1.82) is 0 Å². The summed E-state index contributed by atoms with van der Waals surface area (Å²) >= 11 is 0. The molecule has 86 valence electrons. The molecule has 3 rings (SSSR count). The molecule has 17 heavy (non-hydrogen) atoms. The Balaban J connectivity index is 2.06. The minimum Gasteiger partial charge on any atom is -0.368 e. The number of nitrogens with two attached hydrogens (primary N) is 1. The van der Waals surface area contributed by atoms with Crippen LogP contribution in [0.4, 0.5) is 5.95 Å². The Hall–Kier alpha value is -1.97. The van der Waals surface area contributed by atoms with Gasteiger partial charge in [0.05, 0.1) is 11.4 Å². The minimum atomic E-state index is 0.269. The highest BCUT2D eigenvalue weighted by Crippen LogP contribution is 2.34. The molecule has 0 saturated heterocycles. The van der Waals surface area contributed by atoms with Crippen LogP contribution < -0.4 is 5.73 Å². The zero-order valence-electron chi connectivity index (χ0n) is 9.50. The summed E-state index contributed by atoms with van der Waals surface area (Å²) in [6, 6.07) is 6.08. The summed E-state index contributed by atoms with van der Waals surface area (Å²) in [5.74, 6) is 0.607. The van der Waals surface area contributed by atoms with E-state index in [1.807, 2.05) is 18.3 Å². The lowest BCUT2D eigenvalue weighted by molar-refractivity contribution is 0.587. The van der Waals surface area contributed by atoms with Gasteiger partial charge in [-0.15, -0.1) is 0 Å². The van der Waals surface area contributed by atoms with Crippen LogP contribution in [0.15, 0.2) is 30.6 Å². The Morgan fingerprint density at radius 1 is 1.18 bits per heavy atom. The highest BCUT2D eigenvalue weighted by atomic mass is 15.0. The second-order valence-corrected chi connectivity index (χ2v) is 4.33. The summed E-state index contributed by atoms with van der Waals surface area (Å²) in [6.45, 7) is 0. The molecule has 2 heterocycles. The van der Waals surface area contributed by atoms with E-state index in [4.69, 9.17) is 5.73 Å². The van der Waals surface area contributed by atoms with Crippen molar-refractivity contribution in [2.45, 2.75) is 25.2 Å². The molecular weight excluding hydrogens is 212 g/mol. The molecule has 1 aliphatic rings. The molecule has 0 spiro atoms. The number of rotatable bonds is 1. The van der Waals surface area contributed by atoms with Crippen molar-refractivity contribution in [2.75, 3.05) is 5.73 Å². The highest BCUT2D eigenvalue weighted by Gasteiger charge is 2.23. The molecule has 2 N–H and O–H groups in total. The maximum atomic E-state index is 5.64. The number of aryl methyl sites for hydroxylation is 1. The third-order valence-electron chi connectivity index (χ3n) is 3.25. The summed E-state index contributed by atoms with van der Waals surface area (Å²) in [4.78, 5) is 12.8. The first-order valence-corrected chi connectivity index (χ1v) is 5.87. The standard InChI is InChI=1S/C13H14N4/c14-13-16-8-6-11(17-13)10-5-1-3-9-4-2-7-15-12(9)10/h2,4,6-8,10H,1,3,5H2,(H2,14,16,17). The van der Waals surface area contributed by atoms with Gasteiger partial charge < -0.3 is 5.73 Å². The van der Waals surface area contributed by atoms with Crippen molar-refractivity contribution in [1.82, 2.24) is 15.0 Å². The Morgan fingerprint density at radius 2 is 2.12 bits per heavy atom. The van der Waals surface area contributed by atoms with Crippen LogP contribution in [0, 0.1) is 0 Å². The molecule has 1 unspecified atom stereocenters. The molecular formula is C13H14N4. The van der Waals surface area contributed by atoms with E-state index >= 15 is 0 Å². The van der Waals surface area contributed by atoms with Gasteiger partial charge in [-0.3, -0.25) is 4.98 Å². The van der Waals surface area contributed by atoms with Gasteiger partial charge in [-0.25, -0.2) is 9.97 Å². The summed E-state index contributed by atoms with van der Waals surface area (Å²) in [6.07, 6.45) is 6.94. The van der Waals surface area contributed by atoms with Gasteiger partial charge in [0.25, 0.3) is 0 Å². The van der Waals surface area contributed by atoms with E-state index < -0.39 is 0 Å². The predicted octanol–water partition coefficient (Wildman–Crippen LogP) is 1.92. The molecule has 1 aliphatic carbocycles. The first kappa shape index (κ1) is 10.2. The van der Waals surface area contributed by atoms with Gasteiger partial charge in [0.1, 0.15) is 0 Å². The van der Waals surface area contributed by atoms with Crippen LogP contribution in [-0.4, -0.2) is 15.0 Å². The average Bonchev–Trinajstić information content (AvgIpc) is 2.38. The van der Waals surface area contributed by atoms with Gasteiger partial charge in [0.15, 0.2) is 0 Å². The molecule has 0 saturated carbocycles. The fraction of sp³-hybridized carbons (Fsp3) is 0.308. The molecule has 0 fully saturated rings. The lowest BCUT2D eigenvalue weighted by Gasteiger charge is -2.23. The van der Waals surface area contributed by atoms with E-state index in [1.165, 1.54) is 12.0 Å². The minimum absolute atomic E-state index is 0.269. The first-order valence-electron chi connectivity index (χ1n) is 5.87. The largest absolute Gasteiger partial charge is 0.368 e. The van der Waals surface area contributed by atoms with E-state index in [-0.39, 0.29) is 5.92 Å². The van der Waals surface area contributed by atoms with Crippen molar-refractivity contribution in [3.8, 4) is 0 Å². The SMILES string of the molecule is Nc1nccc(C2CCCc3cccnc32)n1. The molecule has 0 aliphatic heterocycles. The van der Waals surface area contributed by atoms with E-state index in [9.17, 15) is 0 Å². The molecule has 0 radical (unpaired) electrons. The van der Waals surface area contributed by atoms with Gasteiger partial charge in [-0.05, 0) is 37.0 Å². The monoisotopic (exact) mass is 226 g/mol. The third-order valence-corrected chi connectivity index (χ3v) is 3.25. The Morgan fingerprint density at radius 3 is 3.00 bits per heavy atom. The molecule has 2 aromatic rings. The fourth-order valence-corrected chi connectivity index (χ4v) is 2.48. The predicted molar refractivity (Wildman–Crippen MR) is 65.5 cm³/mol. The van der Waals surface area contributed by atoms with Gasteiger partial charge >= 0.3 is 0 Å². The Bertz CT molecular complexity index is 538. The van der Waals surface area contributed by atoms with Gasteiger partial charge in [-0.2, -0.15) is 0 Å². The van der Waals surface area contributed by atoms with Gasteiger partial charge in [0, 0.05) is 18.3 Å². The van der Waals surface area contributed by atoms with Crippen LogP contribution in [0.2, 0.25) is 0 Å². The lowest BCUT2D eigenvalue weighted by atomic mass is 9.84. The molecule has 4 nitrogen and oxygen atoms in total. The van der Waals surface area contributed by atoms with Crippen LogP contribution >= 0.6 is 0 Å². The van der Waals surface area contributed by atoms with E-state index in [1.54, 1.807) is 6.20 Å². The maximum Gasteiger partial charge on any atom is 0.220 e. The smallest absolute Gasteiger partial charge is 0.220 e. The number of nitrogen functional groups attached to an aromatic ring is 1. The maximum absolute atomic E-state index is 5.64. The van der Waals surface area contributed by atoms with E-state index in [2.05, 4.69) is 21.0 Å². The quantitative estimate of drug-likeness (QED) is 0.806. The second kappa shape index (κ2) is 4.13. The topological polar surface area (TPSA) is 64.7 Å². The van der Waals surface area contributed by atoms with Crippen LogP contribution in [-0.2, 0) is 6.42 Å². The Labute approximate surface area is 99.9 Å². The van der Waals surface area contributed by atoms with Crippen LogP contribution in [0.3, 0.4) is 0 Å². The average molecular weight is 226 g/mol. The van der Waals surface area contributed by atoms with Crippen molar-refractivity contribution in [3.63, 3.8) is 0 Å². The summed E-state index contributed by atoms with van der Waals surface area (Å²) in [7, 11) is 0. The van der Waals surface area contributed by atoms with Crippen LogP contribution in [0.5, 0.6) is 0 Å². The second-order valence-electron chi connectivity index (χ2n) is 4.33. The lowest BCUT2D eigenvalue weighted by Crippen LogP contribution is -2.14. The zero-order valence-corrected chi connectivity index (χ0v) is 9.50. The Kier molecular flexibility index (Phi) is 2.48. The third kappa shape index (κ3) is 1.86. The van der Waals surface area contributed by atoms with Crippen LogP contribution in [0.1, 0.15) is 35.7 Å². The number of aromatic nitrogens is 3. The number of hydrogen-bond acceptors (Lipinski definition) is 4. The van der Waals surface area contributed by atoms with Crippen molar-refractivity contribution >= 4 is 5.95 Å². The van der Waals surface area contributed by atoms with E-state index in [0.717, 1.165) is 24.2 Å². The normalized spacial score (nSPS) is 18.7. The number of pyridine rings is 1. The van der Waals surface area contributed by atoms with Crippen molar-refractivity contribution in [3.05, 3.63) is 47.5 Å². The van der Waals surface area contributed by atoms with Crippen molar-refractivity contribution in [2.24, 2.45) is 0 Å². The zero-order chi connectivity index (χ0) is 11.7. The van der Waals surface area contributed by atoms with Gasteiger partial charge in [-0.1, -0.05) is 6.07 Å². The number of hydrogen-bond donors (Lipinski definition) is 1.